The lowest BCUT2D eigenvalue weighted by molar-refractivity contribution is -0.132. The first-order valence-corrected chi connectivity index (χ1v) is 9.36. The number of carbonyl (C=O) groups excluding carboxylic acids is 1. The number of ether oxygens (including phenoxy) is 1. The molecular weight excluding hydrogens is 316 g/mol. The molecular formula is C19H30N4O2. The summed E-state index contributed by atoms with van der Waals surface area (Å²) in [5.74, 6) is 1.19. The Kier molecular flexibility index (Phi) is 6.53. The minimum atomic E-state index is 0.304. The maximum absolute atomic E-state index is 12.3. The summed E-state index contributed by atoms with van der Waals surface area (Å²) in [4.78, 5) is 16.7. The largest absolute Gasteiger partial charge is 0.497 e. The summed E-state index contributed by atoms with van der Waals surface area (Å²) >= 11 is 0. The van der Waals surface area contributed by atoms with Crippen LogP contribution < -0.4 is 15.4 Å². The topological polar surface area (TPSA) is 56.8 Å². The lowest BCUT2D eigenvalue weighted by Gasteiger charge is -2.33. The molecule has 0 spiro atoms. The fourth-order valence-corrected chi connectivity index (χ4v) is 3.58. The summed E-state index contributed by atoms with van der Waals surface area (Å²) in [6, 6.07) is 8.59. The number of methoxy groups -OCH3 is 1. The van der Waals surface area contributed by atoms with Crippen LogP contribution >= 0.6 is 0 Å². The van der Waals surface area contributed by atoms with Gasteiger partial charge in [0.2, 0.25) is 5.91 Å². The van der Waals surface area contributed by atoms with Crippen LogP contribution in [0.1, 0.15) is 19.3 Å². The van der Waals surface area contributed by atoms with E-state index in [2.05, 4.69) is 21.6 Å². The number of nitrogens with one attached hydrogen (secondary N) is 2. The van der Waals surface area contributed by atoms with Gasteiger partial charge < -0.3 is 25.2 Å². The van der Waals surface area contributed by atoms with Crippen LogP contribution in [0.15, 0.2) is 24.3 Å². The van der Waals surface area contributed by atoms with Crippen LogP contribution in [0, 0.1) is 0 Å². The highest BCUT2D eigenvalue weighted by atomic mass is 16.5. The van der Waals surface area contributed by atoms with E-state index >= 15 is 0 Å². The maximum Gasteiger partial charge on any atom is 0.223 e. The molecule has 2 heterocycles. The molecule has 2 saturated heterocycles. The molecule has 6 nitrogen and oxygen atoms in total. The third-order valence-electron chi connectivity index (χ3n) is 5.14. The molecule has 6 heteroatoms. The van der Waals surface area contributed by atoms with Crippen LogP contribution in [0.5, 0.6) is 5.75 Å². The lowest BCUT2D eigenvalue weighted by Crippen LogP contribution is -2.47. The van der Waals surface area contributed by atoms with Gasteiger partial charge in [-0.25, -0.2) is 0 Å². The van der Waals surface area contributed by atoms with E-state index in [0.29, 0.717) is 18.4 Å². The van der Waals surface area contributed by atoms with Crippen molar-refractivity contribution in [1.82, 2.24) is 15.1 Å². The molecule has 1 aromatic rings. The molecule has 0 atom stereocenters. The van der Waals surface area contributed by atoms with Crippen LogP contribution in [0.2, 0.25) is 0 Å². The summed E-state index contributed by atoms with van der Waals surface area (Å²) in [6.07, 6.45) is 2.87. The third kappa shape index (κ3) is 5.34. The second-order valence-corrected chi connectivity index (χ2v) is 6.87. The molecule has 2 N–H and O–H groups in total. The lowest BCUT2D eigenvalue weighted by atomic mass is 10.0. The Labute approximate surface area is 150 Å². The normalized spacial score (nSPS) is 19.6. The first-order valence-electron chi connectivity index (χ1n) is 9.36. The molecule has 1 amide bonds. The second kappa shape index (κ2) is 9.06. The van der Waals surface area contributed by atoms with Gasteiger partial charge in [0.1, 0.15) is 5.75 Å². The maximum atomic E-state index is 12.3. The van der Waals surface area contributed by atoms with Crippen molar-refractivity contribution in [1.29, 1.82) is 0 Å². The van der Waals surface area contributed by atoms with E-state index in [4.69, 9.17) is 4.74 Å². The Balaban J connectivity index is 1.37. The predicted octanol–water partition coefficient (Wildman–Crippen LogP) is 1.39. The van der Waals surface area contributed by atoms with Crippen molar-refractivity contribution in [2.24, 2.45) is 0 Å². The minimum absolute atomic E-state index is 0.304. The molecule has 2 aliphatic rings. The fraction of sp³-hybridized carbons (Fsp3) is 0.632. The number of amides is 1. The number of hydrogen-bond acceptors (Lipinski definition) is 5. The highest BCUT2D eigenvalue weighted by molar-refractivity contribution is 5.76. The monoisotopic (exact) mass is 346 g/mol. The Hall–Kier alpha value is -1.79. The van der Waals surface area contributed by atoms with Gasteiger partial charge in [0.25, 0.3) is 0 Å². The zero-order valence-electron chi connectivity index (χ0n) is 15.2. The van der Waals surface area contributed by atoms with Crippen LogP contribution in [-0.4, -0.2) is 74.7 Å². The average molecular weight is 346 g/mol. The van der Waals surface area contributed by atoms with Gasteiger partial charge in [-0.1, -0.05) is 6.07 Å². The van der Waals surface area contributed by atoms with E-state index in [1.54, 1.807) is 7.11 Å². The molecule has 0 saturated carbocycles. The molecule has 1 aromatic carbocycles. The van der Waals surface area contributed by atoms with E-state index in [1.807, 2.05) is 23.1 Å². The molecule has 2 aliphatic heterocycles. The Morgan fingerprint density at radius 3 is 2.72 bits per heavy atom. The number of carbonyl (C=O) groups is 1. The standard InChI is InChI=1S/C19H30N4O2/c1-25-18-4-2-3-17(15-18)21-16-5-10-22(11-6-16)12-7-19(24)23-13-8-20-9-14-23/h2-4,15-16,20-21H,5-14H2,1H3. The fourth-order valence-electron chi connectivity index (χ4n) is 3.58. The number of benzene rings is 1. The molecule has 0 aliphatic carbocycles. The quantitative estimate of drug-likeness (QED) is 0.815. The van der Waals surface area contributed by atoms with E-state index in [9.17, 15) is 4.79 Å². The van der Waals surface area contributed by atoms with E-state index in [-0.39, 0.29) is 0 Å². The van der Waals surface area contributed by atoms with Crippen LogP contribution in [0.4, 0.5) is 5.69 Å². The Morgan fingerprint density at radius 1 is 1.24 bits per heavy atom. The zero-order chi connectivity index (χ0) is 17.5. The van der Waals surface area contributed by atoms with Crippen molar-refractivity contribution >= 4 is 11.6 Å². The third-order valence-corrected chi connectivity index (χ3v) is 5.14. The first kappa shape index (κ1) is 18.0. The van der Waals surface area contributed by atoms with Gasteiger partial charge in [-0.15, -0.1) is 0 Å². The second-order valence-electron chi connectivity index (χ2n) is 6.87. The summed E-state index contributed by atoms with van der Waals surface area (Å²) < 4.78 is 5.28. The smallest absolute Gasteiger partial charge is 0.223 e. The van der Waals surface area contributed by atoms with Crippen molar-refractivity contribution in [2.45, 2.75) is 25.3 Å². The molecule has 3 rings (SSSR count). The summed E-state index contributed by atoms with van der Waals surface area (Å²) in [5, 5.41) is 6.89. The van der Waals surface area contributed by atoms with Crippen molar-refractivity contribution < 1.29 is 9.53 Å². The van der Waals surface area contributed by atoms with Crippen molar-refractivity contribution in [3.05, 3.63) is 24.3 Å². The summed E-state index contributed by atoms with van der Waals surface area (Å²) in [7, 11) is 1.69. The zero-order valence-corrected chi connectivity index (χ0v) is 15.2. The molecule has 25 heavy (non-hydrogen) atoms. The van der Waals surface area contributed by atoms with Gasteiger partial charge in [0.15, 0.2) is 0 Å². The number of anilines is 1. The van der Waals surface area contributed by atoms with Gasteiger partial charge in [-0.3, -0.25) is 4.79 Å². The predicted molar refractivity (Wildman–Crippen MR) is 100 cm³/mol. The average Bonchev–Trinajstić information content (AvgIpc) is 2.68. The first-order chi connectivity index (χ1) is 12.2. The number of hydrogen-bond donors (Lipinski definition) is 2. The number of piperidine rings is 1. The van der Waals surface area contributed by atoms with Crippen LogP contribution in [-0.2, 0) is 4.79 Å². The van der Waals surface area contributed by atoms with E-state index in [0.717, 1.165) is 70.1 Å². The molecule has 0 unspecified atom stereocenters. The van der Waals surface area contributed by atoms with Gasteiger partial charge in [-0.2, -0.15) is 0 Å². The number of likely N-dealkylation sites (tertiary alicyclic amines) is 1. The Morgan fingerprint density at radius 2 is 2.00 bits per heavy atom. The van der Waals surface area contributed by atoms with Crippen LogP contribution in [0.25, 0.3) is 0 Å². The highest BCUT2D eigenvalue weighted by Gasteiger charge is 2.21. The number of rotatable bonds is 6. The highest BCUT2D eigenvalue weighted by Crippen LogP contribution is 2.21. The molecule has 0 radical (unpaired) electrons. The molecule has 0 bridgehead atoms. The van der Waals surface area contributed by atoms with E-state index in [1.165, 1.54) is 0 Å². The molecule has 138 valence electrons. The number of piperazine rings is 1. The molecule has 0 aromatic heterocycles. The van der Waals surface area contributed by atoms with Crippen LogP contribution in [0.3, 0.4) is 0 Å². The van der Waals surface area contributed by atoms with Gasteiger partial charge in [0, 0.05) is 70.0 Å². The van der Waals surface area contributed by atoms with Crippen molar-refractivity contribution in [2.75, 3.05) is 58.2 Å². The van der Waals surface area contributed by atoms with Gasteiger partial charge in [0.05, 0.1) is 7.11 Å². The number of nitrogens with zero attached hydrogens (tertiary/aromatic N) is 2. The minimum Gasteiger partial charge on any atom is -0.497 e. The van der Waals surface area contributed by atoms with Gasteiger partial charge in [-0.05, 0) is 25.0 Å². The van der Waals surface area contributed by atoms with Crippen molar-refractivity contribution in [3.8, 4) is 5.75 Å². The Bertz CT molecular complexity index is 552. The van der Waals surface area contributed by atoms with Gasteiger partial charge >= 0.3 is 0 Å². The summed E-state index contributed by atoms with van der Waals surface area (Å²) in [6.45, 7) is 6.54. The summed E-state index contributed by atoms with van der Waals surface area (Å²) in [5.41, 5.74) is 1.12. The SMILES string of the molecule is COc1cccc(NC2CCN(CCC(=O)N3CCNCC3)CC2)c1. The van der Waals surface area contributed by atoms with E-state index < -0.39 is 0 Å². The van der Waals surface area contributed by atoms with Crippen molar-refractivity contribution in [3.63, 3.8) is 0 Å². The molecule has 2 fully saturated rings.